The SMILES string of the molecule is CC1=C[C@H](c2ccccc2)[C@H]2CCCC[C@]23Oc2ccccc2C[C@@]13C. The van der Waals surface area contributed by atoms with Crippen molar-refractivity contribution in [3.63, 3.8) is 0 Å². The van der Waals surface area contributed by atoms with Gasteiger partial charge in [-0.05, 0) is 49.8 Å². The van der Waals surface area contributed by atoms with E-state index in [-0.39, 0.29) is 11.0 Å². The number of hydrogen-bond donors (Lipinski definition) is 0. The maximum Gasteiger partial charge on any atom is 0.123 e. The normalized spacial score (nSPS) is 35.4. The van der Waals surface area contributed by atoms with Crippen LogP contribution in [0.5, 0.6) is 5.75 Å². The van der Waals surface area contributed by atoms with Gasteiger partial charge in [0.25, 0.3) is 0 Å². The molecule has 0 unspecified atom stereocenters. The lowest BCUT2D eigenvalue weighted by atomic mass is 9.49. The molecule has 0 aromatic heterocycles. The van der Waals surface area contributed by atoms with Gasteiger partial charge in [-0.2, -0.15) is 0 Å². The zero-order valence-electron chi connectivity index (χ0n) is 15.9. The molecule has 0 radical (unpaired) electrons. The van der Waals surface area contributed by atoms with Gasteiger partial charge in [-0.1, -0.05) is 73.5 Å². The van der Waals surface area contributed by atoms with Gasteiger partial charge < -0.3 is 4.74 Å². The second-order valence-electron chi connectivity index (χ2n) is 8.75. The molecule has 0 bridgehead atoms. The first-order chi connectivity index (χ1) is 12.6. The highest BCUT2D eigenvalue weighted by molar-refractivity contribution is 5.45. The van der Waals surface area contributed by atoms with Crippen molar-refractivity contribution in [1.82, 2.24) is 0 Å². The summed E-state index contributed by atoms with van der Waals surface area (Å²) in [6.45, 7) is 4.81. The van der Waals surface area contributed by atoms with E-state index in [0.29, 0.717) is 11.8 Å². The Balaban J connectivity index is 1.70. The molecular weight excluding hydrogens is 316 g/mol. The zero-order valence-corrected chi connectivity index (χ0v) is 15.9. The van der Waals surface area contributed by atoms with Crippen LogP contribution in [0.15, 0.2) is 66.2 Å². The lowest BCUT2D eigenvalue weighted by Crippen LogP contribution is -2.64. The molecule has 0 amide bonds. The maximum atomic E-state index is 7.01. The molecule has 2 aromatic carbocycles. The van der Waals surface area contributed by atoms with Crippen LogP contribution >= 0.6 is 0 Å². The van der Waals surface area contributed by atoms with Crippen LogP contribution in [0, 0.1) is 11.3 Å². The number of hydrogen-bond acceptors (Lipinski definition) is 1. The van der Waals surface area contributed by atoms with E-state index in [0.717, 1.165) is 12.2 Å². The van der Waals surface area contributed by atoms with E-state index in [4.69, 9.17) is 4.74 Å². The Morgan fingerprint density at radius 2 is 1.73 bits per heavy atom. The molecule has 2 aliphatic carbocycles. The van der Waals surface area contributed by atoms with E-state index in [1.165, 1.54) is 42.4 Å². The van der Waals surface area contributed by atoms with E-state index in [9.17, 15) is 0 Å². The summed E-state index contributed by atoms with van der Waals surface area (Å²) in [6.07, 6.45) is 8.72. The van der Waals surface area contributed by atoms with Crippen LogP contribution in [0.4, 0.5) is 0 Å². The molecule has 1 heterocycles. The summed E-state index contributed by atoms with van der Waals surface area (Å²) in [7, 11) is 0. The molecule has 2 aromatic rings. The van der Waals surface area contributed by atoms with Gasteiger partial charge in [0.05, 0.1) is 0 Å². The Morgan fingerprint density at radius 1 is 0.962 bits per heavy atom. The fourth-order valence-electron chi connectivity index (χ4n) is 6.09. The monoisotopic (exact) mass is 344 g/mol. The molecule has 0 N–H and O–H groups in total. The molecular formula is C25H28O. The smallest absolute Gasteiger partial charge is 0.123 e. The van der Waals surface area contributed by atoms with Gasteiger partial charge in [-0.15, -0.1) is 0 Å². The van der Waals surface area contributed by atoms with Gasteiger partial charge in [-0.25, -0.2) is 0 Å². The number of ether oxygens (including phenoxy) is 1. The molecule has 26 heavy (non-hydrogen) atoms. The highest BCUT2D eigenvalue weighted by atomic mass is 16.5. The summed E-state index contributed by atoms with van der Waals surface area (Å²) in [5.41, 5.74) is 4.36. The largest absolute Gasteiger partial charge is 0.486 e. The van der Waals surface area contributed by atoms with Crippen molar-refractivity contribution in [3.8, 4) is 5.75 Å². The molecule has 1 nitrogen and oxygen atoms in total. The summed E-state index contributed by atoms with van der Waals surface area (Å²) >= 11 is 0. The number of fused-ring (bicyclic) bond motifs is 1. The minimum absolute atomic E-state index is 0.0705. The summed E-state index contributed by atoms with van der Waals surface area (Å²) in [5.74, 6) is 2.15. The first-order valence-corrected chi connectivity index (χ1v) is 10.1. The van der Waals surface area contributed by atoms with Gasteiger partial charge in [-0.3, -0.25) is 0 Å². The molecule has 4 atom stereocenters. The van der Waals surface area contributed by atoms with Crippen molar-refractivity contribution >= 4 is 0 Å². The second-order valence-corrected chi connectivity index (χ2v) is 8.75. The van der Waals surface area contributed by atoms with Crippen molar-refractivity contribution in [2.45, 2.75) is 57.5 Å². The molecule has 1 spiro atoms. The van der Waals surface area contributed by atoms with Crippen LogP contribution in [0.2, 0.25) is 0 Å². The average Bonchev–Trinajstić information content (AvgIpc) is 2.67. The Hall–Kier alpha value is -2.02. The predicted octanol–water partition coefficient (Wildman–Crippen LogP) is 6.30. The molecule has 134 valence electrons. The van der Waals surface area contributed by atoms with Crippen molar-refractivity contribution in [2.75, 3.05) is 0 Å². The highest BCUT2D eigenvalue weighted by Crippen LogP contribution is 2.63. The molecule has 1 heteroatoms. The van der Waals surface area contributed by atoms with Crippen molar-refractivity contribution in [2.24, 2.45) is 11.3 Å². The van der Waals surface area contributed by atoms with Crippen LogP contribution in [0.25, 0.3) is 0 Å². The molecule has 1 aliphatic heterocycles. The second kappa shape index (κ2) is 5.74. The Morgan fingerprint density at radius 3 is 2.58 bits per heavy atom. The summed E-state index contributed by atoms with van der Waals surface area (Å²) in [5, 5.41) is 0. The van der Waals surface area contributed by atoms with Gasteiger partial charge in [0.15, 0.2) is 0 Å². The fourth-order valence-corrected chi connectivity index (χ4v) is 6.09. The van der Waals surface area contributed by atoms with E-state index >= 15 is 0 Å². The number of para-hydroxylation sites is 1. The van der Waals surface area contributed by atoms with Gasteiger partial charge in [0.2, 0.25) is 0 Å². The lowest BCUT2D eigenvalue weighted by Gasteiger charge is -2.61. The highest BCUT2D eigenvalue weighted by Gasteiger charge is 2.62. The van der Waals surface area contributed by atoms with Gasteiger partial charge in [0.1, 0.15) is 11.4 Å². The average molecular weight is 344 g/mol. The number of allylic oxidation sites excluding steroid dienone is 1. The maximum absolute atomic E-state index is 7.01. The minimum Gasteiger partial charge on any atom is -0.486 e. The predicted molar refractivity (Wildman–Crippen MR) is 107 cm³/mol. The van der Waals surface area contributed by atoms with Crippen LogP contribution in [0.3, 0.4) is 0 Å². The quantitative estimate of drug-likeness (QED) is 0.552. The molecule has 3 aliphatic rings. The number of rotatable bonds is 1. The van der Waals surface area contributed by atoms with Crippen LogP contribution < -0.4 is 4.74 Å². The van der Waals surface area contributed by atoms with E-state index < -0.39 is 0 Å². The Labute approximate surface area is 157 Å². The molecule has 1 saturated carbocycles. The van der Waals surface area contributed by atoms with Crippen molar-refractivity contribution in [1.29, 1.82) is 0 Å². The van der Waals surface area contributed by atoms with Gasteiger partial charge >= 0.3 is 0 Å². The van der Waals surface area contributed by atoms with E-state index in [1.54, 1.807) is 0 Å². The fraction of sp³-hybridized carbons (Fsp3) is 0.440. The zero-order chi connectivity index (χ0) is 17.8. The minimum atomic E-state index is -0.0705. The van der Waals surface area contributed by atoms with Crippen LogP contribution in [-0.4, -0.2) is 5.60 Å². The lowest BCUT2D eigenvalue weighted by molar-refractivity contribution is -0.127. The number of benzene rings is 2. The van der Waals surface area contributed by atoms with Crippen LogP contribution in [-0.2, 0) is 6.42 Å². The molecule has 0 saturated heterocycles. The van der Waals surface area contributed by atoms with Crippen LogP contribution in [0.1, 0.15) is 56.6 Å². The summed E-state index contributed by atoms with van der Waals surface area (Å²) in [6, 6.07) is 19.8. The molecule has 1 fully saturated rings. The Kier molecular flexibility index (Phi) is 3.57. The standard InChI is InChI=1S/C25H28O/c1-18-16-21(19-10-4-3-5-11-19)22-13-8-9-15-25(22)24(18,2)17-20-12-6-7-14-23(20)26-25/h3-7,10-12,14,16,21-22H,8-9,13,15,17H2,1-2H3/t21-,22-,24+,25+/m1/s1. The Bertz CT molecular complexity index is 851. The summed E-state index contributed by atoms with van der Waals surface area (Å²) in [4.78, 5) is 0. The topological polar surface area (TPSA) is 9.23 Å². The third-order valence-corrected chi connectivity index (χ3v) is 7.57. The molecule has 5 rings (SSSR count). The summed E-state index contributed by atoms with van der Waals surface area (Å²) < 4.78 is 7.01. The first kappa shape index (κ1) is 16.2. The first-order valence-electron chi connectivity index (χ1n) is 10.1. The third kappa shape index (κ3) is 2.09. The van der Waals surface area contributed by atoms with E-state index in [2.05, 4.69) is 74.5 Å². The van der Waals surface area contributed by atoms with Crippen molar-refractivity contribution in [3.05, 3.63) is 77.4 Å². The van der Waals surface area contributed by atoms with Crippen molar-refractivity contribution < 1.29 is 4.74 Å². The van der Waals surface area contributed by atoms with Gasteiger partial charge in [0, 0.05) is 17.3 Å². The third-order valence-electron chi connectivity index (χ3n) is 7.57. The van der Waals surface area contributed by atoms with E-state index in [1.807, 2.05) is 0 Å².